The van der Waals surface area contributed by atoms with Gasteiger partial charge in [0.1, 0.15) is 5.54 Å². The predicted molar refractivity (Wildman–Crippen MR) is 83.5 cm³/mol. The van der Waals surface area contributed by atoms with Crippen molar-refractivity contribution >= 4 is 0 Å². The zero-order valence-electron chi connectivity index (χ0n) is 13.5. The molecule has 0 amide bonds. The van der Waals surface area contributed by atoms with E-state index in [-0.39, 0.29) is 5.54 Å². The Morgan fingerprint density at radius 3 is 2.40 bits per heavy atom. The van der Waals surface area contributed by atoms with Crippen LogP contribution in [0.5, 0.6) is 0 Å². The van der Waals surface area contributed by atoms with E-state index < -0.39 is 0 Å². The van der Waals surface area contributed by atoms with Crippen LogP contribution >= 0.6 is 0 Å². The van der Waals surface area contributed by atoms with Gasteiger partial charge in [0, 0.05) is 25.2 Å². The summed E-state index contributed by atoms with van der Waals surface area (Å²) in [6.45, 7) is 8.91. The van der Waals surface area contributed by atoms with E-state index in [4.69, 9.17) is 0 Å². The monoisotopic (exact) mass is 277 g/mol. The van der Waals surface area contributed by atoms with Crippen molar-refractivity contribution < 1.29 is 0 Å². The predicted octanol–water partition coefficient (Wildman–Crippen LogP) is 3.31. The quantitative estimate of drug-likeness (QED) is 0.740. The van der Waals surface area contributed by atoms with Crippen LogP contribution in [0, 0.1) is 17.2 Å². The molecule has 2 fully saturated rings. The highest BCUT2D eigenvalue weighted by atomic mass is 15.2. The molecule has 0 aromatic carbocycles. The molecule has 2 aliphatic carbocycles. The molecule has 0 radical (unpaired) electrons. The first kappa shape index (κ1) is 15.8. The average molecular weight is 277 g/mol. The molecule has 2 saturated carbocycles. The Labute approximate surface area is 124 Å². The summed E-state index contributed by atoms with van der Waals surface area (Å²) in [4.78, 5) is 2.65. The van der Waals surface area contributed by atoms with Crippen LogP contribution in [-0.2, 0) is 0 Å². The van der Waals surface area contributed by atoms with Gasteiger partial charge in [-0.15, -0.1) is 0 Å². The van der Waals surface area contributed by atoms with Crippen LogP contribution in [0.4, 0.5) is 0 Å². The summed E-state index contributed by atoms with van der Waals surface area (Å²) in [6, 6.07) is 3.88. The van der Waals surface area contributed by atoms with Gasteiger partial charge in [-0.2, -0.15) is 5.26 Å². The van der Waals surface area contributed by atoms with Gasteiger partial charge in [-0.1, -0.05) is 26.7 Å². The van der Waals surface area contributed by atoms with Crippen molar-refractivity contribution in [3.05, 3.63) is 0 Å². The lowest BCUT2D eigenvalue weighted by atomic mass is 9.98. The van der Waals surface area contributed by atoms with Crippen LogP contribution in [0.2, 0.25) is 0 Å². The minimum atomic E-state index is -0.338. The van der Waals surface area contributed by atoms with Crippen LogP contribution in [0.1, 0.15) is 65.7 Å². The Hall–Kier alpha value is -0.590. The van der Waals surface area contributed by atoms with Gasteiger partial charge in [-0.3, -0.25) is 5.32 Å². The summed E-state index contributed by atoms with van der Waals surface area (Å²) in [5, 5.41) is 13.0. The molecule has 0 saturated heterocycles. The molecule has 114 valence electrons. The van der Waals surface area contributed by atoms with Gasteiger partial charge in [0.25, 0.3) is 0 Å². The van der Waals surface area contributed by atoms with E-state index in [0.29, 0.717) is 12.0 Å². The Bertz CT molecular complexity index is 337. The third-order valence-electron chi connectivity index (χ3n) is 4.69. The van der Waals surface area contributed by atoms with Crippen molar-refractivity contribution in [3.63, 3.8) is 0 Å². The molecule has 3 heteroatoms. The highest BCUT2D eigenvalue weighted by Gasteiger charge is 2.33. The molecule has 0 aromatic heterocycles. The van der Waals surface area contributed by atoms with Crippen LogP contribution in [0.3, 0.4) is 0 Å². The molecule has 1 N–H and O–H groups in total. The Balaban J connectivity index is 1.87. The lowest BCUT2D eigenvalue weighted by Crippen LogP contribution is -2.47. The highest BCUT2D eigenvalue weighted by Crippen LogP contribution is 2.27. The molecule has 1 unspecified atom stereocenters. The van der Waals surface area contributed by atoms with Crippen molar-refractivity contribution in [2.75, 3.05) is 13.1 Å². The molecule has 20 heavy (non-hydrogen) atoms. The number of rotatable bonds is 8. The Morgan fingerprint density at radius 1 is 1.25 bits per heavy atom. The lowest BCUT2D eigenvalue weighted by Gasteiger charge is -2.33. The van der Waals surface area contributed by atoms with Crippen molar-refractivity contribution in [3.8, 4) is 6.07 Å². The number of hydrogen-bond donors (Lipinski definition) is 1. The fourth-order valence-corrected chi connectivity index (χ4v) is 3.37. The normalized spacial score (nSPS) is 23.2. The number of nitrogens with one attached hydrogen (secondary N) is 1. The second kappa shape index (κ2) is 6.91. The molecule has 2 rings (SSSR count). The first-order valence-corrected chi connectivity index (χ1v) is 8.45. The van der Waals surface area contributed by atoms with Gasteiger partial charge in [0.2, 0.25) is 0 Å². The smallest absolute Gasteiger partial charge is 0.105 e. The van der Waals surface area contributed by atoms with Crippen LogP contribution in [-0.4, -0.2) is 35.6 Å². The maximum absolute atomic E-state index is 9.49. The van der Waals surface area contributed by atoms with E-state index in [1.807, 2.05) is 0 Å². The van der Waals surface area contributed by atoms with Gasteiger partial charge in [-0.25, -0.2) is 0 Å². The first-order valence-electron chi connectivity index (χ1n) is 8.45. The molecule has 0 spiro atoms. The summed E-state index contributed by atoms with van der Waals surface area (Å²) in [7, 11) is 0. The zero-order valence-corrected chi connectivity index (χ0v) is 13.5. The first-order chi connectivity index (χ1) is 9.52. The third kappa shape index (κ3) is 4.75. The summed E-state index contributed by atoms with van der Waals surface area (Å²) >= 11 is 0. The molecular formula is C17H31N3. The molecule has 3 nitrogen and oxygen atoms in total. The fourth-order valence-electron chi connectivity index (χ4n) is 3.37. The molecule has 0 aliphatic heterocycles. The van der Waals surface area contributed by atoms with Crippen molar-refractivity contribution in [2.24, 2.45) is 5.92 Å². The summed E-state index contributed by atoms with van der Waals surface area (Å²) in [6.07, 6.45) is 8.91. The number of nitriles is 1. The number of hydrogen-bond acceptors (Lipinski definition) is 3. The maximum Gasteiger partial charge on any atom is 0.105 e. The highest BCUT2D eigenvalue weighted by molar-refractivity contribution is 5.07. The van der Waals surface area contributed by atoms with Gasteiger partial charge >= 0.3 is 0 Å². The topological polar surface area (TPSA) is 39.1 Å². The summed E-state index contributed by atoms with van der Waals surface area (Å²) < 4.78 is 0. The fraction of sp³-hybridized carbons (Fsp3) is 0.941. The molecule has 2 aliphatic rings. The SMILES string of the molecule is CC(C)CN(CCC(C)(C#N)NC1CC1)C1CCCC1. The largest absolute Gasteiger partial charge is 0.300 e. The van der Waals surface area contributed by atoms with E-state index in [1.165, 1.54) is 45.1 Å². The zero-order chi connectivity index (χ0) is 14.6. The Kier molecular flexibility index (Phi) is 5.46. The van der Waals surface area contributed by atoms with Crippen LogP contribution < -0.4 is 5.32 Å². The average Bonchev–Trinajstić information content (AvgIpc) is 3.04. The van der Waals surface area contributed by atoms with Crippen LogP contribution in [0.15, 0.2) is 0 Å². The van der Waals surface area contributed by atoms with E-state index in [0.717, 1.165) is 19.0 Å². The van der Waals surface area contributed by atoms with Gasteiger partial charge < -0.3 is 4.90 Å². The van der Waals surface area contributed by atoms with E-state index in [9.17, 15) is 5.26 Å². The minimum Gasteiger partial charge on any atom is -0.300 e. The molecule has 0 aromatic rings. The van der Waals surface area contributed by atoms with Crippen LogP contribution in [0.25, 0.3) is 0 Å². The maximum atomic E-state index is 9.49. The van der Waals surface area contributed by atoms with Gasteiger partial charge in [-0.05, 0) is 44.9 Å². The third-order valence-corrected chi connectivity index (χ3v) is 4.69. The molecule has 0 bridgehead atoms. The van der Waals surface area contributed by atoms with Gasteiger partial charge in [0.05, 0.1) is 6.07 Å². The van der Waals surface area contributed by atoms with E-state index >= 15 is 0 Å². The summed E-state index contributed by atoms with van der Waals surface area (Å²) in [5.41, 5.74) is -0.338. The molecule has 1 atom stereocenters. The molecule has 0 heterocycles. The van der Waals surface area contributed by atoms with Crippen molar-refractivity contribution in [1.82, 2.24) is 10.2 Å². The minimum absolute atomic E-state index is 0.338. The second-order valence-corrected chi connectivity index (χ2v) is 7.44. The lowest BCUT2D eigenvalue weighted by molar-refractivity contribution is 0.162. The van der Waals surface area contributed by atoms with Gasteiger partial charge in [0.15, 0.2) is 0 Å². The summed E-state index contributed by atoms with van der Waals surface area (Å²) in [5.74, 6) is 0.709. The second-order valence-electron chi connectivity index (χ2n) is 7.44. The van der Waals surface area contributed by atoms with E-state index in [1.54, 1.807) is 0 Å². The number of nitrogens with zero attached hydrogens (tertiary/aromatic N) is 2. The Morgan fingerprint density at radius 2 is 1.90 bits per heavy atom. The molecular weight excluding hydrogens is 246 g/mol. The van der Waals surface area contributed by atoms with Crippen molar-refractivity contribution in [1.29, 1.82) is 5.26 Å². The standard InChI is InChI=1S/C17H31N3/c1-14(2)12-20(16-6-4-5-7-16)11-10-17(3,13-18)19-15-8-9-15/h14-16,19H,4-12H2,1-3H3. The van der Waals surface area contributed by atoms with Crippen molar-refractivity contribution in [2.45, 2.75) is 83.3 Å². The van der Waals surface area contributed by atoms with E-state index in [2.05, 4.69) is 37.1 Å².